The summed E-state index contributed by atoms with van der Waals surface area (Å²) < 4.78 is 5.58. The van der Waals surface area contributed by atoms with Gasteiger partial charge in [-0.1, -0.05) is 20.8 Å². The Morgan fingerprint density at radius 3 is 2.61 bits per heavy atom. The summed E-state index contributed by atoms with van der Waals surface area (Å²) in [6, 6.07) is 1.94. The van der Waals surface area contributed by atoms with Crippen molar-refractivity contribution in [2.75, 3.05) is 24.2 Å². The van der Waals surface area contributed by atoms with E-state index < -0.39 is 0 Å². The fourth-order valence-corrected chi connectivity index (χ4v) is 1.65. The fourth-order valence-electron chi connectivity index (χ4n) is 1.65. The van der Waals surface area contributed by atoms with Gasteiger partial charge in [0.1, 0.15) is 5.82 Å². The van der Waals surface area contributed by atoms with Gasteiger partial charge >= 0.3 is 0 Å². The van der Waals surface area contributed by atoms with Gasteiger partial charge in [-0.05, 0) is 19.3 Å². The molecule has 1 heterocycles. The average Bonchev–Trinajstić information content (AvgIpc) is 2.33. The third-order valence-corrected chi connectivity index (χ3v) is 2.72. The minimum atomic E-state index is 0.202. The van der Waals surface area contributed by atoms with Crippen LogP contribution in [0.15, 0.2) is 6.07 Å². The summed E-state index contributed by atoms with van der Waals surface area (Å²) in [5.41, 5.74) is 6.65. The number of nitrogens with one attached hydrogen (secondary N) is 1. The van der Waals surface area contributed by atoms with Crippen LogP contribution in [0.4, 0.5) is 11.8 Å². The molecule has 5 heteroatoms. The topological polar surface area (TPSA) is 73.1 Å². The molecule has 0 bridgehead atoms. The zero-order valence-corrected chi connectivity index (χ0v) is 11.7. The average molecular weight is 252 g/mol. The van der Waals surface area contributed by atoms with Crippen LogP contribution in [0.1, 0.15) is 45.7 Å². The van der Waals surface area contributed by atoms with Gasteiger partial charge in [0, 0.05) is 19.2 Å². The molecule has 0 fully saturated rings. The highest BCUT2D eigenvalue weighted by Gasteiger charge is 2.08. The van der Waals surface area contributed by atoms with Crippen molar-refractivity contribution in [2.45, 2.75) is 46.1 Å². The van der Waals surface area contributed by atoms with Gasteiger partial charge in [0.25, 0.3) is 0 Å². The second-order valence-corrected chi connectivity index (χ2v) is 4.56. The Morgan fingerprint density at radius 1 is 1.33 bits per heavy atom. The molecular formula is C13H24N4O. The van der Waals surface area contributed by atoms with E-state index in [2.05, 4.69) is 36.1 Å². The molecule has 1 aromatic heterocycles. The third kappa shape index (κ3) is 4.49. The number of nitrogens with two attached hydrogens (primary N) is 1. The summed E-state index contributed by atoms with van der Waals surface area (Å²) >= 11 is 0. The van der Waals surface area contributed by atoms with Gasteiger partial charge in [-0.3, -0.25) is 0 Å². The number of anilines is 2. The molecule has 0 aliphatic rings. The van der Waals surface area contributed by atoms with E-state index in [-0.39, 0.29) is 6.10 Å². The van der Waals surface area contributed by atoms with Crippen LogP contribution in [0.25, 0.3) is 0 Å². The van der Waals surface area contributed by atoms with Crippen molar-refractivity contribution in [2.24, 2.45) is 0 Å². The molecular weight excluding hydrogens is 228 g/mol. The molecule has 5 nitrogen and oxygen atoms in total. The Bertz CT molecular complexity index is 368. The van der Waals surface area contributed by atoms with Crippen LogP contribution in [-0.4, -0.2) is 29.2 Å². The molecule has 3 N–H and O–H groups in total. The van der Waals surface area contributed by atoms with Crippen LogP contribution >= 0.6 is 0 Å². The Kier molecular flexibility index (Phi) is 5.85. The number of hydrogen-bond donors (Lipinski definition) is 2. The summed E-state index contributed by atoms with van der Waals surface area (Å²) in [6.45, 7) is 9.74. The van der Waals surface area contributed by atoms with E-state index in [1.54, 1.807) is 0 Å². The Morgan fingerprint density at radius 2 is 2.06 bits per heavy atom. The molecule has 0 aliphatic carbocycles. The highest BCUT2D eigenvalue weighted by molar-refractivity contribution is 5.41. The van der Waals surface area contributed by atoms with E-state index in [9.17, 15) is 0 Å². The zero-order chi connectivity index (χ0) is 13.5. The van der Waals surface area contributed by atoms with E-state index in [1.165, 1.54) is 0 Å². The van der Waals surface area contributed by atoms with E-state index >= 15 is 0 Å². The smallest absolute Gasteiger partial charge is 0.222 e. The molecule has 0 saturated heterocycles. The largest absolute Gasteiger partial charge is 0.377 e. The first-order valence-corrected chi connectivity index (χ1v) is 6.56. The molecule has 0 amide bonds. The zero-order valence-electron chi connectivity index (χ0n) is 11.7. The first-order chi connectivity index (χ1) is 8.56. The molecule has 1 aromatic rings. The molecule has 0 aromatic carbocycles. The van der Waals surface area contributed by atoms with Gasteiger partial charge in [-0.2, -0.15) is 4.98 Å². The lowest BCUT2D eigenvalue weighted by Gasteiger charge is -2.16. The van der Waals surface area contributed by atoms with Crippen LogP contribution < -0.4 is 11.1 Å². The second kappa shape index (κ2) is 7.16. The monoisotopic (exact) mass is 252 g/mol. The predicted octanol–water partition coefficient (Wildman–Crippen LogP) is 2.41. The Labute approximate surface area is 109 Å². The first-order valence-electron chi connectivity index (χ1n) is 6.56. The normalized spacial score (nSPS) is 12.7. The van der Waals surface area contributed by atoms with E-state index in [0.717, 1.165) is 31.1 Å². The Balaban J connectivity index is 2.66. The maximum Gasteiger partial charge on any atom is 0.222 e. The van der Waals surface area contributed by atoms with Crippen LogP contribution in [0.2, 0.25) is 0 Å². The maximum absolute atomic E-state index is 5.70. The molecule has 1 atom stereocenters. The number of nitrogens with zero attached hydrogens (tertiary/aromatic N) is 2. The van der Waals surface area contributed by atoms with Gasteiger partial charge in [0.15, 0.2) is 0 Å². The second-order valence-electron chi connectivity index (χ2n) is 4.56. The standard InChI is InChI=1S/C13H24N4O/c1-5-10(18-6-2)8-15-12-7-11(9(3)4)16-13(14)17-12/h7,9-10H,5-6,8H2,1-4H3,(H3,14,15,16,17). The lowest BCUT2D eigenvalue weighted by molar-refractivity contribution is 0.0695. The van der Waals surface area contributed by atoms with Crippen molar-refractivity contribution < 1.29 is 4.74 Å². The third-order valence-electron chi connectivity index (χ3n) is 2.72. The summed E-state index contributed by atoms with van der Waals surface area (Å²) in [4.78, 5) is 8.39. The molecule has 18 heavy (non-hydrogen) atoms. The summed E-state index contributed by atoms with van der Waals surface area (Å²) in [5.74, 6) is 1.42. The first kappa shape index (κ1) is 14.7. The summed E-state index contributed by atoms with van der Waals surface area (Å²) in [6.07, 6.45) is 1.17. The SMILES string of the molecule is CCOC(CC)CNc1cc(C(C)C)nc(N)n1. The number of nitrogen functional groups attached to an aromatic ring is 1. The highest BCUT2D eigenvalue weighted by atomic mass is 16.5. The maximum atomic E-state index is 5.70. The van der Waals surface area contributed by atoms with Crippen LogP contribution in [-0.2, 0) is 4.74 Å². The Hall–Kier alpha value is -1.36. The van der Waals surface area contributed by atoms with Crippen molar-refractivity contribution in [3.8, 4) is 0 Å². The lowest BCUT2D eigenvalue weighted by atomic mass is 10.1. The van der Waals surface area contributed by atoms with Crippen molar-refractivity contribution in [1.29, 1.82) is 0 Å². The van der Waals surface area contributed by atoms with Crippen molar-refractivity contribution in [3.05, 3.63) is 11.8 Å². The van der Waals surface area contributed by atoms with Crippen molar-refractivity contribution >= 4 is 11.8 Å². The van der Waals surface area contributed by atoms with Crippen LogP contribution in [0.3, 0.4) is 0 Å². The predicted molar refractivity (Wildman–Crippen MR) is 74.7 cm³/mol. The molecule has 0 aliphatic heterocycles. The molecule has 1 rings (SSSR count). The van der Waals surface area contributed by atoms with E-state index in [4.69, 9.17) is 10.5 Å². The van der Waals surface area contributed by atoms with Gasteiger partial charge in [-0.15, -0.1) is 0 Å². The van der Waals surface area contributed by atoms with Gasteiger partial charge in [0.05, 0.1) is 11.8 Å². The number of hydrogen-bond acceptors (Lipinski definition) is 5. The molecule has 1 unspecified atom stereocenters. The molecule has 0 spiro atoms. The van der Waals surface area contributed by atoms with Gasteiger partial charge in [-0.25, -0.2) is 4.98 Å². The molecule has 102 valence electrons. The minimum absolute atomic E-state index is 0.202. The summed E-state index contributed by atoms with van der Waals surface area (Å²) in [5, 5.41) is 3.26. The van der Waals surface area contributed by atoms with E-state index in [0.29, 0.717) is 11.9 Å². The van der Waals surface area contributed by atoms with Crippen LogP contribution in [0.5, 0.6) is 0 Å². The van der Waals surface area contributed by atoms with Crippen molar-refractivity contribution in [1.82, 2.24) is 9.97 Å². The lowest BCUT2D eigenvalue weighted by Crippen LogP contribution is -2.23. The number of rotatable bonds is 7. The molecule has 0 radical (unpaired) electrons. The number of aromatic nitrogens is 2. The van der Waals surface area contributed by atoms with E-state index in [1.807, 2.05) is 13.0 Å². The summed E-state index contributed by atoms with van der Waals surface area (Å²) in [7, 11) is 0. The van der Waals surface area contributed by atoms with Gasteiger partial charge in [0.2, 0.25) is 5.95 Å². The fraction of sp³-hybridized carbons (Fsp3) is 0.692. The minimum Gasteiger partial charge on any atom is -0.377 e. The highest BCUT2D eigenvalue weighted by Crippen LogP contribution is 2.16. The van der Waals surface area contributed by atoms with Crippen molar-refractivity contribution in [3.63, 3.8) is 0 Å². The van der Waals surface area contributed by atoms with Gasteiger partial charge < -0.3 is 15.8 Å². The molecule has 0 saturated carbocycles. The number of ether oxygens (including phenoxy) is 1. The van der Waals surface area contributed by atoms with Crippen LogP contribution in [0, 0.1) is 0 Å². The quantitative estimate of drug-likeness (QED) is 0.779.